The Morgan fingerprint density at radius 1 is 1.14 bits per heavy atom. The van der Waals surface area contributed by atoms with E-state index in [1.807, 2.05) is 0 Å². The zero-order valence-corrected chi connectivity index (χ0v) is 11.8. The molecule has 0 unspecified atom stereocenters. The van der Waals surface area contributed by atoms with Crippen molar-refractivity contribution < 1.29 is 13.3 Å². The second-order valence-corrected chi connectivity index (χ2v) is 4.73. The van der Waals surface area contributed by atoms with Gasteiger partial charge in [-0.3, -0.25) is 0 Å². The molecule has 0 aliphatic carbocycles. The smallest absolute Gasteiger partial charge is 0.280 e. The van der Waals surface area contributed by atoms with Gasteiger partial charge in [-0.15, -0.1) is 0 Å². The van der Waals surface area contributed by atoms with E-state index in [0.29, 0.717) is 0 Å². The Balaban J connectivity index is 2.07. The summed E-state index contributed by atoms with van der Waals surface area (Å²) in [6.07, 6.45) is 2.84. The van der Waals surface area contributed by atoms with Crippen LogP contribution >= 0.6 is 15.9 Å². The van der Waals surface area contributed by atoms with Crippen LogP contribution in [0, 0.1) is 11.6 Å². The lowest BCUT2D eigenvalue weighted by Crippen LogP contribution is -1.96. The van der Waals surface area contributed by atoms with Crippen molar-refractivity contribution >= 4 is 21.7 Å². The summed E-state index contributed by atoms with van der Waals surface area (Å²) >= 11 is 2.96. The lowest BCUT2D eigenvalue weighted by atomic mass is 10.2. The molecular formula is C12H6BrF2N5O. The van der Waals surface area contributed by atoms with E-state index in [4.69, 9.17) is 10.3 Å². The van der Waals surface area contributed by atoms with E-state index in [1.165, 1.54) is 18.5 Å². The number of halogens is 3. The third-order valence-corrected chi connectivity index (χ3v) is 3.41. The first-order valence-electron chi connectivity index (χ1n) is 5.62. The lowest BCUT2D eigenvalue weighted by molar-refractivity contribution is 0.431. The molecule has 9 heteroatoms. The van der Waals surface area contributed by atoms with Crippen molar-refractivity contribution in [3.63, 3.8) is 0 Å². The average molecular weight is 354 g/mol. The minimum atomic E-state index is -1.03. The highest BCUT2D eigenvalue weighted by Gasteiger charge is 2.19. The quantitative estimate of drug-likeness (QED) is 0.712. The second kappa shape index (κ2) is 5.17. The molecule has 0 fully saturated rings. The van der Waals surface area contributed by atoms with Crippen molar-refractivity contribution in [3.8, 4) is 23.0 Å². The van der Waals surface area contributed by atoms with Crippen LogP contribution in [-0.4, -0.2) is 20.1 Å². The molecule has 0 bridgehead atoms. The van der Waals surface area contributed by atoms with Crippen LogP contribution in [0.1, 0.15) is 0 Å². The summed E-state index contributed by atoms with van der Waals surface area (Å²) in [5, 5.41) is 3.71. The SMILES string of the molecule is Nc1nccnc1-c1nc(-c2ccc(F)c(F)c2Br)no1. The number of hydrogen-bond acceptors (Lipinski definition) is 6. The largest absolute Gasteiger partial charge is 0.382 e. The van der Waals surface area contributed by atoms with Gasteiger partial charge in [-0.25, -0.2) is 18.7 Å². The predicted octanol–water partition coefficient (Wildman–Crippen LogP) is 2.82. The summed E-state index contributed by atoms with van der Waals surface area (Å²) in [7, 11) is 0. The minimum absolute atomic E-state index is 0.0345. The number of anilines is 1. The normalized spacial score (nSPS) is 10.8. The third kappa shape index (κ3) is 2.35. The van der Waals surface area contributed by atoms with Gasteiger partial charge in [-0.2, -0.15) is 4.98 Å². The summed E-state index contributed by atoms with van der Waals surface area (Å²) in [5.41, 5.74) is 6.11. The van der Waals surface area contributed by atoms with Crippen LogP contribution < -0.4 is 5.73 Å². The molecule has 3 rings (SSSR count). The van der Waals surface area contributed by atoms with Crippen LogP contribution in [0.4, 0.5) is 14.6 Å². The lowest BCUT2D eigenvalue weighted by Gasteiger charge is -2.01. The van der Waals surface area contributed by atoms with Crippen LogP contribution in [-0.2, 0) is 0 Å². The molecule has 0 spiro atoms. The van der Waals surface area contributed by atoms with Crippen LogP contribution in [0.15, 0.2) is 33.5 Å². The van der Waals surface area contributed by atoms with Crippen molar-refractivity contribution in [2.24, 2.45) is 0 Å². The van der Waals surface area contributed by atoms with Gasteiger partial charge >= 0.3 is 0 Å². The number of rotatable bonds is 2. The number of benzene rings is 1. The van der Waals surface area contributed by atoms with Gasteiger partial charge < -0.3 is 10.3 Å². The van der Waals surface area contributed by atoms with Gasteiger partial charge in [-0.05, 0) is 28.1 Å². The van der Waals surface area contributed by atoms with E-state index >= 15 is 0 Å². The van der Waals surface area contributed by atoms with E-state index in [0.717, 1.165) is 6.07 Å². The van der Waals surface area contributed by atoms with Gasteiger partial charge in [0.1, 0.15) is 0 Å². The Hall–Kier alpha value is -2.42. The van der Waals surface area contributed by atoms with Gasteiger partial charge in [0.2, 0.25) is 5.82 Å². The number of nitrogens with zero attached hydrogens (tertiary/aromatic N) is 4. The topological polar surface area (TPSA) is 90.7 Å². The van der Waals surface area contributed by atoms with Gasteiger partial charge in [0.05, 0.1) is 4.47 Å². The molecular weight excluding hydrogens is 348 g/mol. The Kier molecular flexibility index (Phi) is 3.34. The maximum atomic E-state index is 13.5. The molecule has 1 aromatic carbocycles. The second-order valence-electron chi connectivity index (χ2n) is 3.94. The predicted molar refractivity (Wildman–Crippen MR) is 72.8 cm³/mol. The summed E-state index contributed by atoms with van der Waals surface area (Å²) in [4.78, 5) is 11.9. The van der Waals surface area contributed by atoms with Crippen molar-refractivity contribution in [1.29, 1.82) is 0 Å². The van der Waals surface area contributed by atoms with E-state index in [-0.39, 0.29) is 33.3 Å². The van der Waals surface area contributed by atoms with Crippen LogP contribution in [0.25, 0.3) is 23.0 Å². The fraction of sp³-hybridized carbons (Fsp3) is 0. The van der Waals surface area contributed by atoms with Gasteiger partial charge in [-0.1, -0.05) is 5.16 Å². The Morgan fingerprint density at radius 3 is 2.67 bits per heavy atom. The first-order valence-corrected chi connectivity index (χ1v) is 6.41. The van der Waals surface area contributed by atoms with Crippen LogP contribution in [0.3, 0.4) is 0 Å². The number of nitrogens with two attached hydrogens (primary N) is 1. The maximum Gasteiger partial charge on any atom is 0.280 e. The minimum Gasteiger partial charge on any atom is -0.382 e. The van der Waals surface area contributed by atoms with Crippen molar-refractivity contribution in [2.75, 3.05) is 5.73 Å². The third-order valence-electron chi connectivity index (χ3n) is 2.63. The number of hydrogen-bond donors (Lipinski definition) is 1. The summed E-state index contributed by atoms with van der Waals surface area (Å²) in [6.45, 7) is 0. The van der Waals surface area contributed by atoms with Gasteiger partial charge in [0.25, 0.3) is 5.89 Å². The molecule has 0 aliphatic heterocycles. The molecule has 2 aromatic heterocycles. The highest BCUT2D eigenvalue weighted by atomic mass is 79.9. The van der Waals surface area contributed by atoms with Gasteiger partial charge in [0, 0.05) is 18.0 Å². The molecule has 0 saturated heterocycles. The van der Waals surface area contributed by atoms with Gasteiger partial charge in [0.15, 0.2) is 23.1 Å². The van der Waals surface area contributed by atoms with E-state index < -0.39 is 11.6 Å². The summed E-state index contributed by atoms with van der Waals surface area (Å²) in [6, 6.07) is 2.30. The molecule has 21 heavy (non-hydrogen) atoms. The standard InChI is InChI=1S/C12H6BrF2N5O/c13-7-5(1-2-6(14)8(7)15)11-19-12(21-20-11)9-10(16)18-4-3-17-9/h1-4H,(H2,16,18). The monoisotopic (exact) mass is 353 g/mol. The average Bonchev–Trinajstić information content (AvgIpc) is 2.95. The van der Waals surface area contributed by atoms with Crippen molar-refractivity contribution in [3.05, 3.63) is 40.6 Å². The van der Waals surface area contributed by atoms with Crippen LogP contribution in [0.5, 0.6) is 0 Å². The Morgan fingerprint density at radius 2 is 1.90 bits per heavy atom. The van der Waals surface area contributed by atoms with Crippen molar-refractivity contribution in [1.82, 2.24) is 20.1 Å². The first-order chi connectivity index (χ1) is 10.1. The molecule has 0 saturated carbocycles. The molecule has 0 atom stereocenters. The fourth-order valence-electron chi connectivity index (χ4n) is 1.64. The van der Waals surface area contributed by atoms with E-state index in [2.05, 4.69) is 36.0 Å². The molecule has 0 radical (unpaired) electrons. The van der Waals surface area contributed by atoms with Crippen molar-refractivity contribution in [2.45, 2.75) is 0 Å². The van der Waals surface area contributed by atoms with E-state index in [9.17, 15) is 8.78 Å². The number of nitrogen functional groups attached to an aromatic ring is 1. The van der Waals surface area contributed by atoms with E-state index in [1.54, 1.807) is 0 Å². The molecule has 2 heterocycles. The Labute approximate surface area is 125 Å². The zero-order chi connectivity index (χ0) is 15.0. The number of aromatic nitrogens is 4. The van der Waals surface area contributed by atoms with Crippen LogP contribution in [0.2, 0.25) is 0 Å². The highest BCUT2D eigenvalue weighted by molar-refractivity contribution is 9.10. The summed E-state index contributed by atoms with van der Waals surface area (Å²) in [5.74, 6) is -1.78. The Bertz CT molecular complexity index is 823. The molecule has 106 valence electrons. The molecule has 0 amide bonds. The molecule has 6 nitrogen and oxygen atoms in total. The highest BCUT2D eigenvalue weighted by Crippen LogP contribution is 2.31. The fourth-order valence-corrected chi connectivity index (χ4v) is 2.14. The molecule has 2 N–H and O–H groups in total. The molecule has 0 aliphatic rings. The first kappa shape index (κ1) is 13.6. The zero-order valence-electron chi connectivity index (χ0n) is 10.2. The molecule has 3 aromatic rings. The maximum absolute atomic E-state index is 13.5. The summed E-state index contributed by atoms with van der Waals surface area (Å²) < 4.78 is 31.5.